The third-order valence-corrected chi connectivity index (χ3v) is 2.13. The van der Waals surface area contributed by atoms with Crippen molar-refractivity contribution in [2.24, 2.45) is 0 Å². The molecule has 2 atom stereocenters. The first-order valence-electron chi connectivity index (χ1n) is 4.68. The fourth-order valence-electron chi connectivity index (χ4n) is 1.35. The van der Waals surface area contributed by atoms with Crippen LogP contribution >= 0.6 is 0 Å². The zero-order chi connectivity index (χ0) is 10.5. The summed E-state index contributed by atoms with van der Waals surface area (Å²) in [6.45, 7) is 8.25. The van der Waals surface area contributed by atoms with Crippen LogP contribution in [0.2, 0.25) is 0 Å². The Morgan fingerprint density at radius 2 is 2.00 bits per heavy atom. The van der Waals surface area contributed by atoms with Crippen LogP contribution in [0.15, 0.2) is 0 Å². The van der Waals surface area contributed by atoms with E-state index >= 15 is 0 Å². The summed E-state index contributed by atoms with van der Waals surface area (Å²) in [5.41, 5.74) is -0.0826. The van der Waals surface area contributed by atoms with Crippen molar-refractivity contribution in [1.82, 2.24) is 5.32 Å². The lowest BCUT2D eigenvalue weighted by Gasteiger charge is -2.27. The van der Waals surface area contributed by atoms with Gasteiger partial charge in [-0.05, 0) is 34.1 Å². The van der Waals surface area contributed by atoms with E-state index in [9.17, 15) is 0 Å². The van der Waals surface area contributed by atoms with Crippen LogP contribution in [-0.2, 0) is 4.74 Å². The lowest BCUT2D eigenvalue weighted by Crippen LogP contribution is -2.39. The molecule has 76 valence electrons. The third kappa shape index (κ3) is 5.68. The van der Waals surface area contributed by atoms with Crippen LogP contribution in [0.3, 0.4) is 0 Å². The fraction of sp³-hybridized carbons (Fsp3) is 0.818. The van der Waals surface area contributed by atoms with Gasteiger partial charge in [0.25, 0.3) is 0 Å². The molecule has 0 aliphatic carbocycles. The Labute approximate surface area is 82.1 Å². The van der Waals surface area contributed by atoms with Gasteiger partial charge < -0.3 is 10.1 Å². The second-order valence-electron chi connectivity index (χ2n) is 4.12. The summed E-state index contributed by atoms with van der Waals surface area (Å²) in [5.74, 6) is 2.65. The zero-order valence-electron chi connectivity index (χ0n) is 9.35. The molecule has 0 amide bonds. The molecule has 0 radical (unpaired) electrons. The van der Waals surface area contributed by atoms with Gasteiger partial charge in [-0.1, -0.05) is 5.92 Å². The molecule has 0 aromatic carbocycles. The second kappa shape index (κ2) is 5.26. The summed E-state index contributed by atoms with van der Waals surface area (Å²) in [6, 6.07) is 0.503. The van der Waals surface area contributed by atoms with Crippen molar-refractivity contribution in [3.63, 3.8) is 0 Å². The van der Waals surface area contributed by atoms with Crippen molar-refractivity contribution in [1.29, 1.82) is 0 Å². The van der Waals surface area contributed by atoms with Gasteiger partial charge in [0.05, 0.1) is 11.6 Å². The van der Waals surface area contributed by atoms with Gasteiger partial charge in [0.1, 0.15) is 0 Å². The third-order valence-electron chi connectivity index (χ3n) is 2.13. The van der Waals surface area contributed by atoms with Crippen molar-refractivity contribution in [3.8, 4) is 12.3 Å². The van der Waals surface area contributed by atoms with Gasteiger partial charge in [-0.3, -0.25) is 0 Å². The minimum atomic E-state index is -0.0826. The molecule has 2 heteroatoms. The van der Waals surface area contributed by atoms with Crippen molar-refractivity contribution in [2.75, 3.05) is 7.11 Å². The molecule has 1 N–H and O–H groups in total. The predicted molar refractivity (Wildman–Crippen MR) is 56.6 cm³/mol. The highest BCUT2D eigenvalue weighted by Crippen LogP contribution is 2.15. The predicted octanol–water partition coefficient (Wildman–Crippen LogP) is 1.80. The van der Waals surface area contributed by atoms with Gasteiger partial charge in [0, 0.05) is 13.2 Å². The topological polar surface area (TPSA) is 21.3 Å². The van der Waals surface area contributed by atoms with Gasteiger partial charge in [-0.15, -0.1) is 6.42 Å². The monoisotopic (exact) mass is 183 g/mol. The van der Waals surface area contributed by atoms with E-state index in [4.69, 9.17) is 11.2 Å². The maximum absolute atomic E-state index is 5.33. The average Bonchev–Trinajstić information content (AvgIpc) is 2.03. The van der Waals surface area contributed by atoms with E-state index in [-0.39, 0.29) is 11.6 Å². The fourth-order valence-corrected chi connectivity index (χ4v) is 1.35. The SMILES string of the molecule is C#CC(C)NC(C)CC(C)(C)OC. The first-order chi connectivity index (χ1) is 5.91. The summed E-state index contributed by atoms with van der Waals surface area (Å²) in [4.78, 5) is 0. The van der Waals surface area contributed by atoms with Crippen LogP contribution in [0.5, 0.6) is 0 Å². The van der Waals surface area contributed by atoms with Crippen molar-refractivity contribution >= 4 is 0 Å². The summed E-state index contributed by atoms with van der Waals surface area (Å²) in [5, 5.41) is 3.30. The first-order valence-corrected chi connectivity index (χ1v) is 4.68. The number of methoxy groups -OCH3 is 1. The molecular formula is C11H21NO. The molecule has 2 nitrogen and oxygen atoms in total. The van der Waals surface area contributed by atoms with Gasteiger partial charge in [-0.2, -0.15) is 0 Å². The smallest absolute Gasteiger partial charge is 0.0660 e. The van der Waals surface area contributed by atoms with Crippen molar-refractivity contribution in [2.45, 2.75) is 51.8 Å². The molecule has 0 spiro atoms. The Bertz CT molecular complexity index is 181. The molecule has 0 saturated heterocycles. The number of nitrogens with one attached hydrogen (secondary N) is 1. The van der Waals surface area contributed by atoms with E-state index in [1.165, 1.54) is 0 Å². The maximum atomic E-state index is 5.33. The molecule has 0 aliphatic heterocycles. The molecule has 0 bridgehead atoms. The largest absolute Gasteiger partial charge is 0.379 e. The van der Waals surface area contributed by atoms with Crippen LogP contribution in [0.4, 0.5) is 0 Å². The van der Waals surface area contributed by atoms with E-state index in [0.717, 1.165) is 6.42 Å². The average molecular weight is 183 g/mol. The highest BCUT2D eigenvalue weighted by molar-refractivity contribution is 4.97. The van der Waals surface area contributed by atoms with Gasteiger partial charge in [-0.25, -0.2) is 0 Å². The molecule has 0 aromatic rings. The van der Waals surface area contributed by atoms with Crippen LogP contribution in [-0.4, -0.2) is 24.8 Å². The molecule has 0 aromatic heterocycles. The minimum absolute atomic E-state index is 0.0826. The zero-order valence-corrected chi connectivity index (χ0v) is 9.35. The van der Waals surface area contributed by atoms with Crippen LogP contribution in [0.25, 0.3) is 0 Å². The first kappa shape index (κ1) is 12.5. The number of ether oxygens (including phenoxy) is 1. The highest BCUT2D eigenvalue weighted by Gasteiger charge is 2.20. The lowest BCUT2D eigenvalue weighted by molar-refractivity contribution is 0.00829. The number of hydrogen-bond acceptors (Lipinski definition) is 2. The van der Waals surface area contributed by atoms with E-state index < -0.39 is 0 Å². The molecular weight excluding hydrogens is 162 g/mol. The Morgan fingerprint density at radius 3 is 2.38 bits per heavy atom. The second-order valence-corrected chi connectivity index (χ2v) is 4.12. The molecule has 0 rings (SSSR count). The molecule has 2 unspecified atom stereocenters. The van der Waals surface area contributed by atoms with Crippen LogP contribution in [0, 0.1) is 12.3 Å². The van der Waals surface area contributed by atoms with Crippen LogP contribution in [0.1, 0.15) is 34.1 Å². The lowest BCUT2D eigenvalue weighted by atomic mass is 9.99. The highest BCUT2D eigenvalue weighted by atomic mass is 16.5. The summed E-state index contributed by atoms with van der Waals surface area (Å²) >= 11 is 0. The number of rotatable bonds is 5. The van der Waals surface area contributed by atoms with Crippen molar-refractivity contribution in [3.05, 3.63) is 0 Å². The van der Waals surface area contributed by atoms with Gasteiger partial charge in [0.15, 0.2) is 0 Å². The summed E-state index contributed by atoms with van der Waals surface area (Å²) in [7, 11) is 1.73. The summed E-state index contributed by atoms with van der Waals surface area (Å²) < 4.78 is 5.33. The Morgan fingerprint density at radius 1 is 1.46 bits per heavy atom. The Balaban J connectivity index is 3.88. The Hall–Kier alpha value is -0.520. The molecule has 0 aliphatic rings. The van der Waals surface area contributed by atoms with Gasteiger partial charge in [0.2, 0.25) is 0 Å². The summed E-state index contributed by atoms with van der Waals surface area (Å²) in [6.07, 6.45) is 6.23. The molecule has 0 saturated carbocycles. The van der Waals surface area contributed by atoms with E-state index in [1.807, 2.05) is 6.92 Å². The standard InChI is InChI=1S/C11H21NO/c1-7-9(2)12-10(3)8-11(4,5)13-6/h1,9-10,12H,8H2,2-6H3. The molecule has 0 heterocycles. The quantitative estimate of drug-likeness (QED) is 0.656. The number of hydrogen-bond donors (Lipinski definition) is 1. The van der Waals surface area contributed by atoms with E-state index in [0.29, 0.717) is 6.04 Å². The van der Waals surface area contributed by atoms with E-state index in [2.05, 4.69) is 32.0 Å². The maximum Gasteiger partial charge on any atom is 0.0660 e. The van der Waals surface area contributed by atoms with Crippen molar-refractivity contribution < 1.29 is 4.74 Å². The van der Waals surface area contributed by atoms with Gasteiger partial charge >= 0.3 is 0 Å². The minimum Gasteiger partial charge on any atom is -0.379 e. The normalized spacial score (nSPS) is 16.3. The molecule has 13 heavy (non-hydrogen) atoms. The Kier molecular flexibility index (Phi) is 5.05. The van der Waals surface area contributed by atoms with Crippen LogP contribution < -0.4 is 5.32 Å². The van der Waals surface area contributed by atoms with E-state index in [1.54, 1.807) is 7.11 Å². The number of terminal acetylenes is 1. The molecule has 0 fully saturated rings.